The number of imidazole rings is 1. The first-order valence-corrected chi connectivity index (χ1v) is 7.98. The van der Waals surface area contributed by atoms with Gasteiger partial charge in [-0.2, -0.15) is 11.8 Å². The molecule has 1 fully saturated rings. The average molecular weight is 289 g/mol. The van der Waals surface area contributed by atoms with Crippen LogP contribution in [0.5, 0.6) is 0 Å². The Morgan fingerprint density at radius 2 is 2.10 bits per heavy atom. The fourth-order valence-corrected chi connectivity index (χ4v) is 3.36. The van der Waals surface area contributed by atoms with Crippen molar-refractivity contribution in [2.24, 2.45) is 0 Å². The number of nitrogens with zero attached hydrogens (tertiary/aromatic N) is 5. The molecular weight excluding hydrogens is 270 g/mol. The quantitative estimate of drug-likeness (QED) is 0.849. The van der Waals surface area contributed by atoms with Crippen LogP contribution in [0, 0.1) is 6.92 Å². The Labute approximate surface area is 123 Å². The van der Waals surface area contributed by atoms with E-state index in [4.69, 9.17) is 4.98 Å². The predicted molar refractivity (Wildman–Crippen MR) is 82.6 cm³/mol. The summed E-state index contributed by atoms with van der Waals surface area (Å²) in [6.45, 7) is 6.36. The van der Waals surface area contributed by atoms with E-state index in [2.05, 4.69) is 21.8 Å². The molecule has 0 saturated carbocycles. The Hall–Kier alpha value is -1.56. The van der Waals surface area contributed by atoms with Crippen LogP contribution in [0.25, 0.3) is 5.82 Å². The summed E-state index contributed by atoms with van der Waals surface area (Å²) in [5.74, 6) is 3.88. The average Bonchev–Trinajstić information content (AvgIpc) is 2.76. The summed E-state index contributed by atoms with van der Waals surface area (Å²) in [6, 6.07) is 0. The minimum atomic E-state index is 0.729. The summed E-state index contributed by atoms with van der Waals surface area (Å²) < 4.78 is 1.96. The van der Waals surface area contributed by atoms with Crippen molar-refractivity contribution >= 4 is 17.6 Å². The van der Waals surface area contributed by atoms with Crippen LogP contribution in [-0.2, 0) is 0 Å². The largest absolute Gasteiger partial charge is 0.354 e. The Kier molecular flexibility index (Phi) is 3.91. The molecule has 0 bridgehead atoms. The van der Waals surface area contributed by atoms with Crippen LogP contribution >= 0.6 is 11.8 Å². The summed E-state index contributed by atoms with van der Waals surface area (Å²) in [5.41, 5.74) is 0. The van der Waals surface area contributed by atoms with Gasteiger partial charge in [-0.25, -0.2) is 9.97 Å². The third kappa shape index (κ3) is 2.80. The van der Waals surface area contributed by atoms with Crippen LogP contribution in [0.15, 0.2) is 24.8 Å². The summed E-state index contributed by atoms with van der Waals surface area (Å²) in [7, 11) is 0. The Morgan fingerprint density at radius 1 is 1.25 bits per heavy atom. The van der Waals surface area contributed by atoms with E-state index < -0.39 is 0 Å². The molecular formula is C14H19N5S. The van der Waals surface area contributed by atoms with Crippen LogP contribution < -0.4 is 4.90 Å². The zero-order valence-corrected chi connectivity index (χ0v) is 12.7. The van der Waals surface area contributed by atoms with Crippen molar-refractivity contribution in [3.05, 3.63) is 30.6 Å². The van der Waals surface area contributed by atoms with Crippen LogP contribution in [0.1, 0.15) is 19.2 Å². The second-order valence-corrected chi connectivity index (χ2v) is 6.58. The maximum atomic E-state index is 4.74. The monoisotopic (exact) mass is 289 g/mol. The van der Waals surface area contributed by atoms with Crippen molar-refractivity contribution in [1.82, 2.24) is 19.5 Å². The van der Waals surface area contributed by atoms with Gasteiger partial charge in [-0.1, -0.05) is 6.92 Å². The maximum absolute atomic E-state index is 4.74. The highest BCUT2D eigenvalue weighted by molar-refractivity contribution is 7.99. The van der Waals surface area contributed by atoms with E-state index in [-0.39, 0.29) is 0 Å². The van der Waals surface area contributed by atoms with Gasteiger partial charge in [0, 0.05) is 36.5 Å². The minimum absolute atomic E-state index is 0.729. The number of aromatic nitrogens is 4. The molecule has 1 saturated heterocycles. The van der Waals surface area contributed by atoms with E-state index >= 15 is 0 Å². The highest BCUT2D eigenvalue weighted by Gasteiger charge is 2.16. The van der Waals surface area contributed by atoms with Crippen molar-refractivity contribution in [3.8, 4) is 5.82 Å². The van der Waals surface area contributed by atoms with Crippen molar-refractivity contribution in [1.29, 1.82) is 0 Å². The highest BCUT2D eigenvalue weighted by Crippen LogP contribution is 2.22. The van der Waals surface area contributed by atoms with Crippen molar-refractivity contribution < 1.29 is 0 Å². The normalized spacial score (nSPS) is 19.9. The van der Waals surface area contributed by atoms with Gasteiger partial charge in [-0.3, -0.25) is 9.55 Å². The zero-order chi connectivity index (χ0) is 13.9. The molecule has 0 amide bonds. The molecule has 1 atom stereocenters. The van der Waals surface area contributed by atoms with Crippen LogP contribution in [0.3, 0.4) is 0 Å². The van der Waals surface area contributed by atoms with Crippen molar-refractivity contribution in [2.45, 2.75) is 25.5 Å². The van der Waals surface area contributed by atoms with Crippen molar-refractivity contribution in [2.75, 3.05) is 23.7 Å². The first-order valence-electron chi connectivity index (χ1n) is 6.93. The van der Waals surface area contributed by atoms with E-state index in [0.717, 1.165) is 41.6 Å². The molecule has 6 heteroatoms. The minimum Gasteiger partial charge on any atom is -0.354 e. The summed E-state index contributed by atoms with van der Waals surface area (Å²) in [4.78, 5) is 15.7. The SMILES string of the molecule is Cc1nccn1-c1cncc(N2CCSC(C)CC2)n1. The van der Waals surface area contributed by atoms with Gasteiger partial charge in [0.05, 0.1) is 12.4 Å². The Balaban J connectivity index is 1.86. The molecule has 106 valence electrons. The zero-order valence-electron chi connectivity index (χ0n) is 11.9. The second-order valence-electron chi connectivity index (χ2n) is 5.04. The van der Waals surface area contributed by atoms with Crippen LogP contribution in [0.2, 0.25) is 0 Å². The third-order valence-corrected chi connectivity index (χ3v) is 4.80. The smallest absolute Gasteiger partial charge is 0.159 e. The van der Waals surface area contributed by atoms with E-state index in [1.165, 1.54) is 6.42 Å². The van der Waals surface area contributed by atoms with Gasteiger partial charge in [0.2, 0.25) is 0 Å². The molecule has 1 aliphatic heterocycles. The lowest BCUT2D eigenvalue weighted by Crippen LogP contribution is -2.27. The molecule has 5 nitrogen and oxygen atoms in total. The standard InChI is InChI=1S/C14H19N5S/c1-11-3-5-18(7-8-20-11)13-9-15-10-14(17-13)19-6-4-16-12(19)2/h4,6,9-11H,3,5,7-8H2,1-2H3. The molecule has 1 aliphatic rings. The van der Waals surface area contributed by atoms with Gasteiger partial charge >= 0.3 is 0 Å². The fraction of sp³-hybridized carbons (Fsp3) is 0.500. The van der Waals surface area contributed by atoms with E-state index in [1.807, 2.05) is 35.6 Å². The lowest BCUT2D eigenvalue weighted by atomic mass is 10.3. The molecule has 2 aromatic heterocycles. The van der Waals surface area contributed by atoms with Gasteiger partial charge in [-0.15, -0.1) is 0 Å². The van der Waals surface area contributed by atoms with Gasteiger partial charge < -0.3 is 4.90 Å². The molecule has 3 heterocycles. The molecule has 0 radical (unpaired) electrons. The first kappa shape index (κ1) is 13.4. The summed E-state index contributed by atoms with van der Waals surface area (Å²) >= 11 is 2.04. The van der Waals surface area contributed by atoms with Gasteiger partial charge in [0.25, 0.3) is 0 Å². The fourth-order valence-electron chi connectivity index (χ4n) is 2.36. The van der Waals surface area contributed by atoms with Crippen molar-refractivity contribution in [3.63, 3.8) is 0 Å². The lowest BCUT2D eigenvalue weighted by Gasteiger charge is -2.21. The Morgan fingerprint density at radius 3 is 2.90 bits per heavy atom. The summed E-state index contributed by atoms with van der Waals surface area (Å²) in [5, 5.41) is 0.729. The predicted octanol–water partition coefficient (Wildman–Crippen LogP) is 2.30. The first-order chi connectivity index (χ1) is 9.74. The van der Waals surface area contributed by atoms with E-state index in [1.54, 1.807) is 12.4 Å². The highest BCUT2D eigenvalue weighted by atomic mass is 32.2. The van der Waals surface area contributed by atoms with Gasteiger partial charge in [0.15, 0.2) is 5.82 Å². The molecule has 0 aromatic carbocycles. The number of aryl methyl sites for hydroxylation is 1. The number of hydrogen-bond donors (Lipinski definition) is 0. The van der Waals surface area contributed by atoms with Gasteiger partial charge in [-0.05, 0) is 13.3 Å². The topological polar surface area (TPSA) is 46.8 Å². The number of thioether (sulfide) groups is 1. The number of rotatable bonds is 2. The molecule has 0 N–H and O–H groups in total. The maximum Gasteiger partial charge on any atom is 0.159 e. The van der Waals surface area contributed by atoms with Crippen LogP contribution in [0.4, 0.5) is 5.82 Å². The third-order valence-electron chi connectivity index (χ3n) is 3.57. The molecule has 1 unspecified atom stereocenters. The number of anilines is 1. The lowest BCUT2D eigenvalue weighted by molar-refractivity contribution is 0.748. The van der Waals surface area contributed by atoms with E-state index in [0.29, 0.717) is 0 Å². The van der Waals surface area contributed by atoms with Gasteiger partial charge in [0.1, 0.15) is 11.6 Å². The van der Waals surface area contributed by atoms with E-state index in [9.17, 15) is 0 Å². The van der Waals surface area contributed by atoms with Crippen LogP contribution in [-0.4, -0.2) is 43.6 Å². The molecule has 0 spiro atoms. The summed E-state index contributed by atoms with van der Waals surface area (Å²) in [6.07, 6.45) is 8.54. The molecule has 3 rings (SSSR count). The molecule has 20 heavy (non-hydrogen) atoms. The molecule has 0 aliphatic carbocycles. The molecule has 2 aromatic rings. The second kappa shape index (κ2) is 5.83. The number of hydrogen-bond acceptors (Lipinski definition) is 5. The Bertz CT molecular complexity index is 582.